The van der Waals surface area contributed by atoms with Crippen LogP contribution in [0.25, 0.3) is 0 Å². The maximum absolute atomic E-state index is 13.9. The SMILES string of the molecule is COc1ccc(C(=O)N2C[C@@H]3CN(CCO3)C(=O)[C@@H]3C[C@@H](CN3Cc3cnc[nH]3)NC(=O)C[C@@H]3O[C@H](C2)[C@@H](O)[C@H]3O)cc1. The normalized spacial score (nSPS) is 32.1. The summed E-state index contributed by atoms with van der Waals surface area (Å²) in [7, 11) is 1.54. The summed E-state index contributed by atoms with van der Waals surface area (Å²) in [6, 6.07) is 5.91. The molecule has 4 aliphatic rings. The fourth-order valence-corrected chi connectivity index (χ4v) is 6.50. The van der Waals surface area contributed by atoms with Gasteiger partial charge >= 0.3 is 0 Å². The number of nitrogens with zero attached hydrogens (tertiary/aromatic N) is 4. The number of nitrogens with one attached hydrogen (secondary N) is 2. The molecule has 4 saturated heterocycles. The summed E-state index contributed by atoms with van der Waals surface area (Å²) >= 11 is 0. The number of H-pyrrole nitrogens is 1. The van der Waals surface area contributed by atoms with Crippen molar-refractivity contribution in [2.24, 2.45) is 0 Å². The van der Waals surface area contributed by atoms with E-state index in [0.717, 1.165) is 5.69 Å². The molecule has 4 N–H and O–H groups in total. The van der Waals surface area contributed by atoms with E-state index >= 15 is 0 Å². The molecule has 14 heteroatoms. The Balaban J connectivity index is 1.28. The molecule has 7 atom stereocenters. The Hall–Kier alpha value is -3.56. The number of carbonyl (C=O) groups excluding carboxylic acids is 3. The summed E-state index contributed by atoms with van der Waals surface area (Å²) in [5.74, 6) is -0.129. The van der Waals surface area contributed by atoms with Gasteiger partial charge in [-0.3, -0.25) is 19.3 Å². The van der Waals surface area contributed by atoms with E-state index in [0.29, 0.717) is 44.0 Å². The van der Waals surface area contributed by atoms with Crippen LogP contribution in [0.3, 0.4) is 0 Å². The van der Waals surface area contributed by atoms with E-state index in [9.17, 15) is 24.6 Å². The Morgan fingerprint density at radius 2 is 1.88 bits per heavy atom. The fraction of sp³-hybridized carbons (Fsp3) is 0.586. The number of aliphatic hydroxyl groups excluding tert-OH is 2. The molecule has 4 aliphatic heterocycles. The summed E-state index contributed by atoms with van der Waals surface area (Å²) < 4.78 is 17.3. The molecule has 0 aliphatic carbocycles. The topological polar surface area (TPSA) is 170 Å². The van der Waals surface area contributed by atoms with Crippen molar-refractivity contribution in [3.8, 4) is 5.75 Å². The lowest BCUT2D eigenvalue weighted by molar-refractivity contribution is -0.144. The summed E-state index contributed by atoms with van der Waals surface area (Å²) in [6.45, 7) is 1.99. The van der Waals surface area contributed by atoms with Gasteiger partial charge in [0.05, 0.1) is 44.7 Å². The van der Waals surface area contributed by atoms with Crippen LogP contribution >= 0.6 is 0 Å². The molecular formula is C29H38N6O8. The third kappa shape index (κ3) is 6.38. The standard InChI is InChI=1S/C29H38N6O8/c1-41-20-4-2-17(3-5-20)28(39)35-14-21-13-33(6-7-42-21)29(40)22-8-18(11-34(22)12-19-10-30-16-31-19)32-25(36)9-23-26(37)27(38)24(15-35)43-23/h2-5,10,16,18,21-24,26-27,37-38H,6-9,11-15H2,1H3,(H,30,31)(H,32,36)/t18-,21-,22-,23-,24+,26-,27+/m0/s1. The monoisotopic (exact) mass is 598 g/mol. The van der Waals surface area contributed by atoms with Crippen LogP contribution in [0, 0.1) is 0 Å². The second-order valence-electron chi connectivity index (χ2n) is 11.6. The smallest absolute Gasteiger partial charge is 0.254 e. The number of fused-ring (bicyclic) bond motifs is 6. The number of morpholine rings is 1. The largest absolute Gasteiger partial charge is 0.497 e. The molecule has 0 saturated carbocycles. The van der Waals surface area contributed by atoms with Gasteiger partial charge in [0.15, 0.2) is 0 Å². The molecule has 4 fully saturated rings. The van der Waals surface area contributed by atoms with Crippen molar-refractivity contribution >= 4 is 17.7 Å². The lowest BCUT2D eigenvalue weighted by Crippen LogP contribution is -2.55. The second-order valence-corrected chi connectivity index (χ2v) is 11.6. The number of ether oxygens (including phenoxy) is 3. The number of amides is 3. The maximum atomic E-state index is 13.9. The Morgan fingerprint density at radius 3 is 2.63 bits per heavy atom. The first-order valence-corrected chi connectivity index (χ1v) is 14.6. The van der Waals surface area contributed by atoms with Gasteiger partial charge < -0.3 is 44.5 Å². The maximum Gasteiger partial charge on any atom is 0.254 e. The van der Waals surface area contributed by atoms with Crippen LogP contribution in [0.2, 0.25) is 0 Å². The zero-order valence-corrected chi connectivity index (χ0v) is 24.0. The van der Waals surface area contributed by atoms with Gasteiger partial charge in [-0.15, -0.1) is 0 Å². The molecule has 43 heavy (non-hydrogen) atoms. The van der Waals surface area contributed by atoms with Crippen molar-refractivity contribution in [2.75, 3.05) is 46.4 Å². The van der Waals surface area contributed by atoms with E-state index < -0.39 is 36.6 Å². The minimum atomic E-state index is -1.31. The quantitative estimate of drug-likeness (QED) is 0.333. The number of hydrogen-bond donors (Lipinski definition) is 4. The molecule has 0 radical (unpaired) electrons. The van der Waals surface area contributed by atoms with E-state index in [1.54, 1.807) is 48.8 Å². The number of aromatic amines is 1. The average Bonchev–Trinajstić information content (AvgIpc) is 3.73. The Morgan fingerprint density at radius 1 is 1.09 bits per heavy atom. The predicted molar refractivity (Wildman–Crippen MR) is 150 cm³/mol. The number of likely N-dealkylation sites (tertiary alicyclic amines) is 1. The van der Waals surface area contributed by atoms with Crippen molar-refractivity contribution in [3.63, 3.8) is 0 Å². The van der Waals surface area contributed by atoms with Crippen molar-refractivity contribution in [1.82, 2.24) is 30.0 Å². The summed E-state index contributed by atoms with van der Waals surface area (Å²) in [6.07, 6.45) is -1.42. The van der Waals surface area contributed by atoms with E-state index in [2.05, 4.69) is 15.3 Å². The van der Waals surface area contributed by atoms with Gasteiger partial charge in [-0.2, -0.15) is 0 Å². The number of imidazole rings is 1. The van der Waals surface area contributed by atoms with Gasteiger partial charge in [-0.25, -0.2) is 4.98 Å². The zero-order valence-electron chi connectivity index (χ0n) is 24.0. The van der Waals surface area contributed by atoms with Crippen LogP contribution in [0.15, 0.2) is 36.8 Å². The van der Waals surface area contributed by atoms with Crippen LogP contribution in [-0.2, 0) is 25.6 Å². The first kappa shape index (κ1) is 29.5. The second kappa shape index (κ2) is 12.6. The number of benzene rings is 1. The van der Waals surface area contributed by atoms with Gasteiger partial charge in [0.1, 0.15) is 24.1 Å². The molecule has 3 amide bonds. The summed E-state index contributed by atoms with van der Waals surface area (Å²) in [5, 5.41) is 24.7. The molecule has 1 aromatic heterocycles. The molecule has 2 aromatic rings. The van der Waals surface area contributed by atoms with Gasteiger partial charge in [0.2, 0.25) is 11.8 Å². The van der Waals surface area contributed by atoms with E-state index in [-0.39, 0.29) is 49.8 Å². The summed E-state index contributed by atoms with van der Waals surface area (Å²) in [5.41, 5.74) is 1.25. The summed E-state index contributed by atoms with van der Waals surface area (Å²) in [4.78, 5) is 53.3. The van der Waals surface area contributed by atoms with E-state index in [1.165, 1.54) is 4.90 Å². The molecule has 14 nitrogen and oxygen atoms in total. The minimum Gasteiger partial charge on any atom is -0.497 e. The lowest BCUT2D eigenvalue weighted by atomic mass is 10.0. The van der Waals surface area contributed by atoms with Crippen LogP contribution in [-0.4, -0.2) is 142 Å². The van der Waals surface area contributed by atoms with Crippen molar-refractivity contribution in [1.29, 1.82) is 0 Å². The highest BCUT2D eigenvalue weighted by atomic mass is 16.5. The molecule has 6 rings (SSSR count). The lowest BCUT2D eigenvalue weighted by Gasteiger charge is -2.38. The predicted octanol–water partition coefficient (Wildman–Crippen LogP) is -1.26. The highest BCUT2D eigenvalue weighted by Crippen LogP contribution is 2.28. The van der Waals surface area contributed by atoms with Crippen LogP contribution in [0.1, 0.15) is 28.9 Å². The molecule has 5 heterocycles. The van der Waals surface area contributed by atoms with Crippen LogP contribution in [0.5, 0.6) is 5.75 Å². The van der Waals surface area contributed by atoms with Crippen molar-refractivity contribution in [3.05, 3.63) is 48.0 Å². The fourth-order valence-electron chi connectivity index (χ4n) is 6.50. The van der Waals surface area contributed by atoms with Crippen molar-refractivity contribution < 1.29 is 38.8 Å². The zero-order chi connectivity index (χ0) is 30.1. The number of aromatic nitrogens is 2. The molecule has 1 aromatic carbocycles. The van der Waals surface area contributed by atoms with E-state index in [1.807, 2.05) is 4.90 Å². The third-order valence-electron chi connectivity index (χ3n) is 8.73. The molecule has 0 spiro atoms. The Kier molecular flexibility index (Phi) is 8.63. The third-order valence-corrected chi connectivity index (χ3v) is 8.73. The van der Waals surface area contributed by atoms with Gasteiger partial charge in [0, 0.05) is 62.8 Å². The average molecular weight is 599 g/mol. The number of carbonyl (C=O) groups is 3. The van der Waals surface area contributed by atoms with Crippen molar-refractivity contribution in [2.45, 2.75) is 62.0 Å². The molecule has 232 valence electrons. The molecule has 6 bridgehead atoms. The molecule has 0 unspecified atom stereocenters. The van der Waals surface area contributed by atoms with Gasteiger partial charge in [-0.1, -0.05) is 0 Å². The molecular weight excluding hydrogens is 560 g/mol. The number of methoxy groups -OCH3 is 1. The number of aliphatic hydroxyl groups is 2. The number of hydrogen-bond acceptors (Lipinski definition) is 10. The van der Waals surface area contributed by atoms with E-state index in [4.69, 9.17) is 14.2 Å². The Bertz CT molecular complexity index is 1290. The Labute approximate surface area is 248 Å². The number of rotatable bonds is 4. The highest BCUT2D eigenvalue weighted by Gasteiger charge is 2.46. The van der Waals surface area contributed by atoms with Gasteiger partial charge in [-0.05, 0) is 30.7 Å². The first-order chi connectivity index (χ1) is 20.8. The minimum absolute atomic E-state index is 0.0434. The van der Waals surface area contributed by atoms with Crippen LogP contribution < -0.4 is 10.1 Å². The van der Waals surface area contributed by atoms with Crippen LogP contribution in [0.4, 0.5) is 0 Å². The first-order valence-electron chi connectivity index (χ1n) is 14.6. The van der Waals surface area contributed by atoms with Gasteiger partial charge in [0.25, 0.3) is 5.91 Å². The highest BCUT2D eigenvalue weighted by molar-refractivity contribution is 5.94.